The maximum Gasteiger partial charge on any atom is 0.192 e. The molecule has 0 amide bonds. The van der Waals surface area contributed by atoms with Crippen LogP contribution in [0.4, 0.5) is 0 Å². The summed E-state index contributed by atoms with van der Waals surface area (Å²) >= 11 is 0. The van der Waals surface area contributed by atoms with Crippen molar-refractivity contribution in [2.75, 3.05) is 7.05 Å². The first kappa shape index (κ1) is 8.37. The SMILES string of the molecule is CC(C)C1OC=NN(C)C1C. The molecule has 3 heteroatoms. The minimum atomic E-state index is 0.275. The number of hydrazone groups is 1. The molecule has 11 heavy (non-hydrogen) atoms. The van der Waals surface area contributed by atoms with Crippen LogP contribution < -0.4 is 0 Å². The van der Waals surface area contributed by atoms with Gasteiger partial charge in [0.05, 0.1) is 6.04 Å². The highest BCUT2D eigenvalue weighted by molar-refractivity contribution is 5.47. The van der Waals surface area contributed by atoms with Crippen LogP contribution in [0.1, 0.15) is 20.8 Å². The normalized spacial score (nSPS) is 30.8. The molecule has 3 nitrogen and oxygen atoms in total. The van der Waals surface area contributed by atoms with Crippen molar-refractivity contribution in [1.82, 2.24) is 5.01 Å². The molecule has 0 aromatic heterocycles. The molecule has 1 aliphatic heterocycles. The predicted octanol–water partition coefficient (Wildman–Crippen LogP) is 1.30. The van der Waals surface area contributed by atoms with Crippen LogP contribution in [-0.2, 0) is 4.74 Å². The minimum absolute atomic E-state index is 0.275. The van der Waals surface area contributed by atoms with Crippen LogP contribution in [0.25, 0.3) is 0 Å². The molecule has 64 valence electrons. The Morgan fingerprint density at radius 1 is 1.55 bits per heavy atom. The van der Waals surface area contributed by atoms with Crippen molar-refractivity contribution in [3.05, 3.63) is 0 Å². The van der Waals surface area contributed by atoms with Crippen molar-refractivity contribution in [3.63, 3.8) is 0 Å². The molecular weight excluding hydrogens is 140 g/mol. The number of ether oxygens (including phenoxy) is 1. The van der Waals surface area contributed by atoms with Gasteiger partial charge >= 0.3 is 0 Å². The van der Waals surface area contributed by atoms with Gasteiger partial charge in [-0.3, -0.25) is 5.01 Å². The molecule has 0 aromatic carbocycles. The minimum Gasteiger partial charge on any atom is -0.476 e. The first-order valence-electron chi connectivity index (χ1n) is 4.03. The van der Waals surface area contributed by atoms with E-state index in [2.05, 4.69) is 25.9 Å². The molecule has 1 aliphatic rings. The van der Waals surface area contributed by atoms with E-state index in [1.807, 2.05) is 12.1 Å². The van der Waals surface area contributed by atoms with E-state index in [-0.39, 0.29) is 6.10 Å². The molecule has 0 saturated heterocycles. The fraction of sp³-hybridized carbons (Fsp3) is 0.875. The van der Waals surface area contributed by atoms with Crippen LogP contribution in [0.2, 0.25) is 0 Å². The molecule has 0 spiro atoms. The summed E-state index contributed by atoms with van der Waals surface area (Å²) in [6.45, 7) is 6.45. The summed E-state index contributed by atoms with van der Waals surface area (Å²) in [5.74, 6) is 0.541. The van der Waals surface area contributed by atoms with Crippen molar-refractivity contribution in [3.8, 4) is 0 Å². The Morgan fingerprint density at radius 3 is 2.64 bits per heavy atom. The zero-order chi connectivity index (χ0) is 8.43. The van der Waals surface area contributed by atoms with Gasteiger partial charge in [0.15, 0.2) is 6.40 Å². The topological polar surface area (TPSA) is 24.8 Å². The summed E-state index contributed by atoms with van der Waals surface area (Å²) in [5.41, 5.74) is 0. The number of rotatable bonds is 1. The lowest BCUT2D eigenvalue weighted by atomic mass is 10.0. The molecule has 2 atom stereocenters. The number of hydrogen-bond acceptors (Lipinski definition) is 3. The van der Waals surface area contributed by atoms with E-state index < -0.39 is 0 Å². The molecule has 0 aromatic rings. The second-order valence-corrected chi connectivity index (χ2v) is 3.38. The molecule has 0 N–H and O–H groups in total. The van der Waals surface area contributed by atoms with Crippen LogP contribution in [-0.4, -0.2) is 30.6 Å². The average molecular weight is 156 g/mol. The lowest BCUT2D eigenvalue weighted by Crippen LogP contribution is -2.43. The molecule has 1 heterocycles. The van der Waals surface area contributed by atoms with Crippen molar-refractivity contribution >= 4 is 6.40 Å². The van der Waals surface area contributed by atoms with Gasteiger partial charge in [0.1, 0.15) is 6.10 Å². The second kappa shape index (κ2) is 3.11. The fourth-order valence-corrected chi connectivity index (χ4v) is 1.32. The number of hydrogen-bond donors (Lipinski definition) is 0. The van der Waals surface area contributed by atoms with E-state index in [0.29, 0.717) is 12.0 Å². The predicted molar refractivity (Wildman–Crippen MR) is 45.4 cm³/mol. The van der Waals surface area contributed by atoms with Gasteiger partial charge in [-0.25, -0.2) is 0 Å². The summed E-state index contributed by atoms with van der Waals surface area (Å²) in [7, 11) is 1.97. The average Bonchev–Trinajstić information content (AvgIpc) is 1.94. The van der Waals surface area contributed by atoms with E-state index in [0.717, 1.165) is 0 Å². The number of likely N-dealkylation sites (N-methyl/N-ethyl adjacent to an activating group) is 1. The highest BCUT2D eigenvalue weighted by Gasteiger charge is 2.27. The van der Waals surface area contributed by atoms with Gasteiger partial charge in [0.25, 0.3) is 0 Å². The maximum atomic E-state index is 5.39. The molecule has 0 radical (unpaired) electrons. The van der Waals surface area contributed by atoms with Crippen molar-refractivity contribution in [2.45, 2.75) is 32.9 Å². The van der Waals surface area contributed by atoms with Crippen LogP contribution in [0.3, 0.4) is 0 Å². The van der Waals surface area contributed by atoms with E-state index in [4.69, 9.17) is 4.74 Å². The standard InChI is InChI=1S/C8H16N2O/c1-6(2)8-7(3)10(4)9-5-11-8/h5-8H,1-4H3. The first-order valence-corrected chi connectivity index (χ1v) is 4.03. The molecular formula is C8H16N2O. The largest absolute Gasteiger partial charge is 0.476 e. The fourth-order valence-electron chi connectivity index (χ4n) is 1.32. The van der Waals surface area contributed by atoms with Gasteiger partial charge in [0, 0.05) is 7.05 Å². The Hall–Kier alpha value is -0.730. The lowest BCUT2D eigenvalue weighted by molar-refractivity contribution is 0.0309. The highest BCUT2D eigenvalue weighted by Crippen LogP contribution is 2.17. The summed E-state index contributed by atoms with van der Waals surface area (Å²) < 4.78 is 5.39. The maximum absolute atomic E-state index is 5.39. The zero-order valence-corrected chi connectivity index (χ0v) is 7.61. The monoisotopic (exact) mass is 156 g/mol. The Labute approximate surface area is 68.0 Å². The highest BCUT2D eigenvalue weighted by atomic mass is 16.5. The molecule has 1 rings (SSSR count). The van der Waals surface area contributed by atoms with Crippen molar-refractivity contribution in [2.24, 2.45) is 11.0 Å². The van der Waals surface area contributed by atoms with Crippen LogP contribution in [0.15, 0.2) is 5.10 Å². The van der Waals surface area contributed by atoms with Gasteiger partial charge in [-0.2, -0.15) is 0 Å². The zero-order valence-electron chi connectivity index (χ0n) is 7.61. The quantitative estimate of drug-likeness (QED) is 0.571. The van der Waals surface area contributed by atoms with E-state index >= 15 is 0 Å². The van der Waals surface area contributed by atoms with E-state index in [9.17, 15) is 0 Å². The Morgan fingerprint density at radius 2 is 2.18 bits per heavy atom. The van der Waals surface area contributed by atoms with Crippen LogP contribution in [0.5, 0.6) is 0 Å². The van der Waals surface area contributed by atoms with Crippen molar-refractivity contribution in [1.29, 1.82) is 0 Å². The molecule has 2 unspecified atom stereocenters. The van der Waals surface area contributed by atoms with E-state index in [1.54, 1.807) is 0 Å². The van der Waals surface area contributed by atoms with Crippen LogP contribution in [0, 0.1) is 5.92 Å². The van der Waals surface area contributed by atoms with Crippen LogP contribution >= 0.6 is 0 Å². The Kier molecular flexibility index (Phi) is 2.37. The Bertz CT molecular complexity index is 156. The molecule has 0 saturated carbocycles. The van der Waals surface area contributed by atoms with Gasteiger partial charge in [-0.15, -0.1) is 5.10 Å². The lowest BCUT2D eigenvalue weighted by Gasteiger charge is -2.34. The van der Waals surface area contributed by atoms with Gasteiger partial charge in [-0.05, 0) is 12.8 Å². The summed E-state index contributed by atoms with van der Waals surface area (Å²) in [5, 5.41) is 5.97. The van der Waals surface area contributed by atoms with E-state index in [1.165, 1.54) is 6.40 Å². The summed E-state index contributed by atoms with van der Waals surface area (Å²) in [6, 6.07) is 0.375. The number of nitrogens with zero attached hydrogens (tertiary/aromatic N) is 2. The third kappa shape index (κ3) is 1.64. The summed E-state index contributed by atoms with van der Waals surface area (Å²) in [6.07, 6.45) is 1.81. The third-order valence-corrected chi connectivity index (χ3v) is 2.17. The van der Waals surface area contributed by atoms with Gasteiger partial charge in [-0.1, -0.05) is 13.8 Å². The molecule has 0 bridgehead atoms. The Balaban J connectivity index is 2.62. The summed E-state index contributed by atoms with van der Waals surface area (Å²) in [4.78, 5) is 0. The molecule has 0 fully saturated rings. The first-order chi connectivity index (χ1) is 5.13. The molecule has 0 aliphatic carbocycles. The van der Waals surface area contributed by atoms with Gasteiger partial charge < -0.3 is 4.74 Å². The third-order valence-electron chi connectivity index (χ3n) is 2.17. The van der Waals surface area contributed by atoms with Crippen molar-refractivity contribution < 1.29 is 4.74 Å². The van der Waals surface area contributed by atoms with Gasteiger partial charge in [0.2, 0.25) is 0 Å². The second-order valence-electron chi connectivity index (χ2n) is 3.38. The smallest absolute Gasteiger partial charge is 0.192 e.